The number of nitrogens with zero attached hydrogens (tertiary/aromatic N) is 1. The van der Waals surface area contributed by atoms with Gasteiger partial charge >= 0.3 is 5.97 Å². The summed E-state index contributed by atoms with van der Waals surface area (Å²) in [5.74, 6) is -0.716. The van der Waals surface area contributed by atoms with Crippen molar-refractivity contribution in [3.05, 3.63) is 0 Å². The SMILES string of the molecule is CCN(C(C)CC(=O)O)C1CCOC(C)(CC)C1. The highest BCUT2D eigenvalue weighted by atomic mass is 16.5. The van der Waals surface area contributed by atoms with E-state index >= 15 is 0 Å². The van der Waals surface area contributed by atoms with Crippen molar-refractivity contribution >= 4 is 5.97 Å². The minimum Gasteiger partial charge on any atom is -0.481 e. The summed E-state index contributed by atoms with van der Waals surface area (Å²) in [6.07, 6.45) is 3.23. The van der Waals surface area contributed by atoms with Crippen LogP contribution in [0.2, 0.25) is 0 Å². The van der Waals surface area contributed by atoms with E-state index in [-0.39, 0.29) is 18.1 Å². The molecule has 0 amide bonds. The molecule has 1 saturated heterocycles. The quantitative estimate of drug-likeness (QED) is 0.794. The molecule has 1 N–H and O–H groups in total. The largest absolute Gasteiger partial charge is 0.481 e. The average molecular weight is 257 g/mol. The Kier molecular flexibility index (Phi) is 5.60. The number of aliphatic carboxylic acids is 1. The van der Waals surface area contributed by atoms with Gasteiger partial charge in [0.15, 0.2) is 0 Å². The van der Waals surface area contributed by atoms with Gasteiger partial charge in [0.05, 0.1) is 12.0 Å². The van der Waals surface area contributed by atoms with Crippen LogP contribution in [-0.4, -0.2) is 46.8 Å². The number of carboxylic acid groups (broad SMARTS) is 1. The lowest BCUT2D eigenvalue weighted by molar-refractivity contribution is -0.139. The summed E-state index contributed by atoms with van der Waals surface area (Å²) in [4.78, 5) is 13.2. The molecule has 3 unspecified atom stereocenters. The second-order valence-corrected chi connectivity index (χ2v) is 5.58. The maximum atomic E-state index is 10.8. The van der Waals surface area contributed by atoms with Crippen LogP contribution in [-0.2, 0) is 9.53 Å². The number of carbonyl (C=O) groups is 1. The lowest BCUT2D eigenvalue weighted by Gasteiger charge is -2.44. The van der Waals surface area contributed by atoms with Gasteiger partial charge in [-0.25, -0.2) is 0 Å². The fourth-order valence-corrected chi connectivity index (χ4v) is 2.93. The molecule has 18 heavy (non-hydrogen) atoms. The Morgan fingerprint density at radius 3 is 2.72 bits per heavy atom. The van der Waals surface area contributed by atoms with Crippen molar-refractivity contribution in [1.29, 1.82) is 0 Å². The number of hydrogen-bond acceptors (Lipinski definition) is 3. The first kappa shape index (κ1) is 15.4. The molecule has 0 saturated carbocycles. The van der Waals surface area contributed by atoms with E-state index in [0.29, 0.717) is 6.04 Å². The van der Waals surface area contributed by atoms with Gasteiger partial charge in [-0.15, -0.1) is 0 Å². The van der Waals surface area contributed by atoms with Gasteiger partial charge in [0.2, 0.25) is 0 Å². The van der Waals surface area contributed by atoms with Crippen LogP contribution in [0.5, 0.6) is 0 Å². The molecule has 0 aliphatic carbocycles. The minimum absolute atomic E-state index is 0.0424. The molecule has 4 nitrogen and oxygen atoms in total. The molecule has 1 aliphatic heterocycles. The lowest BCUT2D eigenvalue weighted by atomic mass is 9.88. The van der Waals surface area contributed by atoms with Gasteiger partial charge in [-0.2, -0.15) is 0 Å². The predicted octanol–water partition coefficient (Wildman–Crippen LogP) is 2.52. The molecule has 0 bridgehead atoms. The van der Waals surface area contributed by atoms with Crippen molar-refractivity contribution in [2.45, 2.75) is 71.1 Å². The highest BCUT2D eigenvalue weighted by Gasteiger charge is 2.35. The highest BCUT2D eigenvalue weighted by molar-refractivity contribution is 5.67. The van der Waals surface area contributed by atoms with E-state index < -0.39 is 5.97 Å². The Hall–Kier alpha value is -0.610. The van der Waals surface area contributed by atoms with Crippen LogP contribution in [0, 0.1) is 0 Å². The van der Waals surface area contributed by atoms with Crippen LogP contribution in [0.1, 0.15) is 53.4 Å². The molecule has 1 rings (SSSR count). The molecule has 4 heteroatoms. The van der Waals surface area contributed by atoms with Gasteiger partial charge in [0, 0.05) is 18.7 Å². The molecule has 1 fully saturated rings. The first-order valence-electron chi connectivity index (χ1n) is 7.03. The summed E-state index contributed by atoms with van der Waals surface area (Å²) in [5.41, 5.74) is -0.0424. The van der Waals surface area contributed by atoms with E-state index in [2.05, 4.69) is 25.7 Å². The molecule has 0 aromatic rings. The van der Waals surface area contributed by atoms with E-state index in [4.69, 9.17) is 9.84 Å². The van der Waals surface area contributed by atoms with Crippen LogP contribution in [0.4, 0.5) is 0 Å². The molecule has 1 aliphatic rings. The Morgan fingerprint density at radius 1 is 1.56 bits per heavy atom. The van der Waals surface area contributed by atoms with E-state index in [9.17, 15) is 4.79 Å². The fraction of sp³-hybridized carbons (Fsp3) is 0.929. The Labute approximate surface area is 110 Å². The third-order valence-electron chi connectivity index (χ3n) is 4.19. The van der Waals surface area contributed by atoms with Crippen LogP contribution in [0.15, 0.2) is 0 Å². The van der Waals surface area contributed by atoms with Crippen molar-refractivity contribution in [2.75, 3.05) is 13.2 Å². The highest BCUT2D eigenvalue weighted by Crippen LogP contribution is 2.31. The summed E-state index contributed by atoms with van der Waals surface area (Å²) >= 11 is 0. The van der Waals surface area contributed by atoms with E-state index in [0.717, 1.165) is 32.4 Å². The van der Waals surface area contributed by atoms with Crippen LogP contribution >= 0.6 is 0 Å². The maximum Gasteiger partial charge on any atom is 0.304 e. The maximum absolute atomic E-state index is 10.8. The second kappa shape index (κ2) is 6.53. The molecular formula is C14H27NO3. The van der Waals surface area contributed by atoms with E-state index in [1.807, 2.05) is 6.92 Å². The van der Waals surface area contributed by atoms with Crippen molar-refractivity contribution in [3.63, 3.8) is 0 Å². The minimum atomic E-state index is -0.716. The third kappa shape index (κ3) is 3.95. The van der Waals surface area contributed by atoms with Gasteiger partial charge in [0.25, 0.3) is 0 Å². The third-order valence-corrected chi connectivity index (χ3v) is 4.19. The molecule has 1 heterocycles. The zero-order chi connectivity index (χ0) is 13.8. The summed E-state index contributed by atoms with van der Waals surface area (Å²) < 4.78 is 5.86. The Morgan fingerprint density at radius 2 is 2.22 bits per heavy atom. The Balaban J connectivity index is 2.67. The predicted molar refractivity (Wildman–Crippen MR) is 71.8 cm³/mol. The van der Waals surface area contributed by atoms with Gasteiger partial charge in [0.1, 0.15) is 0 Å². The van der Waals surface area contributed by atoms with Crippen molar-refractivity contribution < 1.29 is 14.6 Å². The summed E-state index contributed by atoms with van der Waals surface area (Å²) in [6, 6.07) is 0.541. The summed E-state index contributed by atoms with van der Waals surface area (Å²) in [5, 5.41) is 8.92. The molecule has 0 radical (unpaired) electrons. The number of ether oxygens (including phenoxy) is 1. The first-order valence-corrected chi connectivity index (χ1v) is 7.03. The van der Waals surface area contributed by atoms with Gasteiger partial charge < -0.3 is 9.84 Å². The second-order valence-electron chi connectivity index (χ2n) is 5.58. The molecule has 0 aromatic carbocycles. The fourth-order valence-electron chi connectivity index (χ4n) is 2.93. The summed E-state index contributed by atoms with van der Waals surface area (Å²) in [6.45, 7) is 10.1. The molecule has 0 spiro atoms. The zero-order valence-electron chi connectivity index (χ0n) is 12.1. The van der Waals surface area contributed by atoms with Gasteiger partial charge in [-0.05, 0) is 39.7 Å². The van der Waals surface area contributed by atoms with Crippen molar-refractivity contribution in [2.24, 2.45) is 0 Å². The molecular weight excluding hydrogens is 230 g/mol. The van der Waals surface area contributed by atoms with Crippen molar-refractivity contribution in [1.82, 2.24) is 4.90 Å². The van der Waals surface area contributed by atoms with Crippen LogP contribution < -0.4 is 0 Å². The number of hydrogen-bond donors (Lipinski definition) is 1. The Bertz CT molecular complexity index is 282. The normalized spacial score (nSPS) is 30.4. The summed E-state index contributed by atoms with van der Waals surface area (Å²) in [7, 11) is 0. The average Bonchev–Trinajstić information content (AvgIpc) is 2.29. The molecule has 3 atom stereocenters. The monoisotopic (exact) mass is 257 g/mol. The topological polar surface area (TPSA) is 49.8 Å². The van der Waals surface area contributed by atoms with Gasteiger partial charge in [-0.1, -0.05) is 13.8 Å². The molecule has 106 valence electrons. The van der Waals surface area contributed by atoms with Crippen LogP contribution in [0.3, 0.4) is 0 Å². The van der Waals surface area contributed by atoms with E-state index in [1.165, 1.54) is 0 Å². The van der Waals surface area contributed by atoms with E-state index in [1.54, 1.807) is 0 Å². The lowest BCUT2D eigenvalue weighted by Crippen LogP contribution is -2.50. The standard InChI is InChI=1S/C14H27NO3/c1-5-14(4)10-12(7-8-18-14)15(6-2)11(3)9-13(16)17/h11-12H,5-10H2,1-4H3,(H,16,17). The number of carboxylic acids is 1. The zero-order valence-corrected chi connectivity index (χ0v) is 12.1. The number of rotatable bonds is 6. The first-order chi connectivity index (χ1) is 8.41. The smallest absolute Gasteiger partial charge is 0.304 e. The van der Waals surface area contributed by atoms with Crippen molar-refractivity contribution in [3.8, 4) is 0 Å². The van der Waals surface area contributed by atoms with Gasteiger partial charge in [-0.3, -0.25) is 9.69 Å². The van der Waals surface area contributed by atoms with Crippen LogP contribution in [0.25, 0.3) is 0 Å². The molecule has 0 aromatic heterocycles.